The predicted molar refractivity (Wildman–Crippen MR) is 104 cm³/mol. The average Bonchev–Trinajstić information content (AvgIpc) is 3.36. The number of aromatic nitrogens is 7. The number of aliphatic hydroxyl groups excluding tert-OH is 1. The number of fused-ring (bicyclic) bond motifs is 2. The number of nitrogens with zero attached hydrogens (tertiary/aromatic N) is 7. The molecule has 0 aliphatic heterocycles. The monoisotopic (exact) mass is 389 g/mol. The van der Waals surface area contributed by atoms with Gasteiger partial charge in [0, 0.05) is 35.0 Å². The second kappa shape index (κ2) is 7.02. The molecule has 0 unspecified atom stereocenters. The Morgan fingerprint density at radius 1 is 1.10 bits per heavy atom. The number of hydrogen-bond donors (Lipinski definition) is 1. The van der Waals surface area contributed by atoms with Crippen molar-refractivity contribution in [1.82, 2.24) is 34.7 Å². The van der Waals surface area contributed by atoms with Crippen LogP contribution in [-0.2, 0) is 13.1 Å². The normalized spacial score (nSPS) is 11.5. The van der Waals surface area contributed by atoms with Crippen molar-refractivity contribution < 1.29 is 9.50 Å². The zero-order chi connectivity index (χ0) is 19.8. The summed E-state index contributed by atoms with van der Waals surface area (Å²) in [5, 5.41) is 22.4. The summed E-state index contributed by atoms with van der Waals surface area (Å²) in [6.45, 7) is 0.627. The molecule has 0 radical (unpaired) electrons. The third-order valence-electron chi connectivity index (χ3n) is 4.71. The van der Waals surface area contributed by atoms with Crippen molar-refractivity contribution >= 4 is 22.1 Å². The van der Waals surface area contributed by atoms with Crippen LogP contribution in [-0.4, -0.2) is 46.5 Å². The maximum absolute atomic E-state index is 14.6. The van der Waals surface area contributed by atoms with Crippen molar-refractivity contribution in [2.24, 2.45) is 0 Å². The minimum Gasteiger partial charge on any atom is -0.394 e. The van der Waals surface area contributed by atoms with Crippen molar-refractivity contribution in [1.29, 1.82) is 0 Å². The van der Waals surface area contributed by atoms with E-state index in [0.29, 0.717) is 34.5 Å². The van der Waals surface area contributed by atoms with Crippen LogP contribution in [0.5, 0.6) is 0 Å². The maximum Gasteiger partial charge on any atom is 0.179 e. The fourth-order valence-electron chi connectivity index (χ4n) is 3.27. The minimum absolute atomic E-state index is 0.0110. The Bertz CT molecular complexity index is 1330. The Morgan fingerprint density at radius 3 is 2.93 bits per heavy atom. The summed E-state index contributed by atoms with van der Waals surface area (Å²) in [6, 6.07) is 10.6. The SMILES string of the molecule is OCCn1cc(-c2ccc3nnn(Cc4cc5cccnc5cc4F)c3n2)cn1. The summed E-state index contributed by atoms with van der Waals surface area (Å²) in [5.74, 6) is -0.346. The number of hydrogen-bond acceptors (Lipinski definition) is 6. The third kappa shape index (κ3) is 3.21. The van der Waals surface area contributed by atoms with Crippen molar-refractivity contribution in [3.05, 3.63) is 66.4 Å². The van der Waals surface area contributed by atoms with Gasteiger partial charge in [-0.05, 0) is 24.3 Å². The molecule has 29 heavy (non-hydrogen) atoms. The van der Waals surface area contributed by atoms with E-state index < -0.39 is 0 Å². The molecular formula is C20H16FN7O. The van der Waals surface area contributed by atoms with Crippen molar-refractivity contribution in [3.8, 4) is 11.3 Å². The van der Waals surface area contributed by atoms with Crippen molar-refractivity contribution in [2.45, 2.75) is 13.1 Å². The van der Waals surface area contributed by atoms with Crippen molar-refractivity contribution in [3.63, 3.8) is 0 Å². The number of pyridine rings is 2. The van der Waals surface area contributed by atoms with E-state index in [2.05, 4.69) is 25.4 Å². The van der Waals surface area contributed by atoms with Gasteiger partial charge in [-0.25, -0.2) is 14.1 Å². The minimum atomic E-state index is -0.346. The van der Waals surface area contributed by atoms with Crippen LogP contribution < -0.4 is 0 Å². The zero-order valence-electron chi connectivity index (χ0n) is 15.3. The third-order valence-corrected chi connectivity index (χ3v) is 4.71. The van der Waals surface area contributed by atoms with E-state index in [-0.39, 0.29) is 19.0 Å². The summed E-state index contributed by atoms with van der Waals surface area (Å²) in [4.78, 5) is 8.83. The lowest BCUT2D eigenvalue weighted by Crippen LogP contribution is -2.05. The quantitative estimate of drug-likeness (QED) is 0.496. The number of rotatable bonds is 5. The number of aliphatic hydroxyl groups is 1. The highest BCUT2D eigenvalue weighted by molar-refractivity contribution is 5.79. The Hall–Kier alpha value is -3.72. The first-order valence-electron chi connectivity index (χ1n) is 9.08. The lowest BCUT2D eigenvalue weighted by Gasteiger charge is -2.06. The topological polar surface area (TPSA) is 94.5 Å². The molecule has 0 aliphatic carbocycles. The van der Waals surface area contributed by atoms with Crippen LogP contribution in [0.2, 0.25) is 0 Å². The molecule has 1 N–H and O–H groups in total. The highest BCUT2D eigenvalue weighted by Crippen LogP contribution is 2.22. The fourth-order valence-corrected chi connectivity index (χ4v) is 3.27. The van der Waals surface area contributed by atoms with Gasteiger partial charge in [0.1, 0.15) is 11.3 Å². The van der Waals surface area contributed by atoms with E-state index >= 15 is 0 Å². The molecule has 4 aromatic heterocycles. The summed E-state index contributed by atoms with van der Waals surface area (Å²) in [6.07, 6.45) is 5.14. The van der Waals surface area contributed by atoms with E-state index in [9.17, 15) is 4.39 Å². The average molecular weight is 389 g/mol. The van der Waals surface area contributed by atoms with E-state index in [1.807, 2.05) is 30.5 Å². The van der Waals surface area contributed by atoms with Crippen LogP contribution in [0.1, 0.15) is 5.56 Å². The highest BCUT2D eigenvalue weighted by Gasteiger charge is 2.13. The molecule has 9 heteroatoms. The van der Waals surface area contributed by atoms with E-state index in [1.54, 1.807) is 27.8 Å². The van der Waals surface area contributed by atoms with Crippen LogP contribution in [0.25, 0.3) is 33.3 Å². The van der Waals surface area contributed by atoms with Gasteiger partial charge in [-0.1, -0.05) is 11.3 Å². The van der Waals surface area contributed by atoms with Crippen LogP contribution in [0, 0.1) is 5.82 Å². The van der Waals surface area contributed by atoms with E-state index in [4.69, 9.17) is 5.11 Å². The lowest BCUT2D eigenvalue weighted by molar-refractivity contribution is 0.269. The highest BCUT2D eigenvalue weighted by atomic mass is 19.1. The summed E-state index contributed by atoms with van der Waals surface area (Å²) in [7, 11) is 0. The van der Waals surface area contributed by atoms with E-state index in [0.717, 1.165) is 10.9 Å². The molecule has 0 atom stereocenters. The zero-order valence-corrected chi connectivity index (χ0v) is 15.3. The molecule has 5 aromatic rings. The molecule has 0 saturated carbocycles. The van der Waals surface area contributed by atoms with E-state index in [1.165, 1.54) is 6.07 Å². The number of benzene rings is 1. The van der Waals surface area contributed by atoms with Gasteiger partial charge in [0.2, 0.25) is 0 Å². The number of halogens is 1. The first kappa shape index (κ1) is 17.4. The molecule has 144 valence electrons. The largest absolute Gasteiger partial charge is 0.394 e. The first-order valence-corrected chi connectivity index (χ1v) is 9.08. The molecule has 4 heterocycles. The molecule has 0 amide bonds. The Balaban J connectivity index is 1.53. The van der Waals surface area contributed by atoms with Gasteiger partial charge in [-0.3, -0.25) is 9.67 Å². The van der Waals surface area contributed by atoms with Gasteiger partial charge in [0.25, 0.3) is 0 Å². The van der Waals surface area contributed by atoms with Crippen LogP contribution in [0.4, 0.5) is 4.39 Å². The molecule has 1 aromatic carbocycles. The molecule has 0 spiro atoms. The molecule has 0 fully saturated rings. The summed E-state index contributed by atoms with van der Waals surface area (Å²) < 4.78 is 17.8. The van der Waals surface area contributed by atoms with Gasteiger partial charge in [-0.15, -0.1) is 5.10 Å². The maximum atomic E-state index is 14.6. The van der Waals surface area contributed by atoms with Crippen LogP contribution in [0.3, 0.4) is 0 Å². The molecule has 0 bridgehead atoms. The van der Waals surface area contributed by atoms with Gasteiger partial charge >= 0.3 is 0 Å². The smallest absolute Gasteiger partial charge is 0.179 e. The second-order valence-corrected chi connectivity index (χ2v) is 6.64. The van der Waals surface area contributed by atoms with Gasteiger partial charge in [-0.2, -0.15) is 5.10 Å². The van der Waals surface area contributed by atoms with Crippen LogP contribution >= 0.6 is 0 Å². The predicted octanol–water partition coefficient (Wildman–Crippen LogP) is 2.42. The molecule has 8 nitrogen and oxygen atoms in total. The first-order chi connectivity index (χ1) is 14.2. The van der Waals surface area contributed by atoms with Crippen molar-refractivity contribution in [2.75, 3.05) is 6.61 Å². The van der Waals surface area contributed by atoms with Gasteiger partial charge < -0.3 is 5.11 Å². The Labute approximate surface area is 164 Å². The molecule has 5 rings (SSSR count). The molecular weight excluding hydrogens is 373 g/mol. The Morgan fingerprint density at radius 2 is 2.03 bits per heavy atom. The summed E-state index contributed by atoms with van der Waals surface area (Å²) >= 11 is 0. The molecule has 0 aliphatic rings. The Kier molecular flexibility index (Phi) is 4.21. The fraction of sp³-hybridized carbons (Fsp3) is 0.150. The standard InChI is InChI=1S/C20H16FN7O/c21-16-9-19-13(2-1-5-22-19)8-14(16)12-28-20-18(25-26-28)4-3-17(24-20)15-10-23-27(11-15)6-7-29/h1-5,8-11,29H,6-7,12H2. The van der Waals surface area contributed by atoms with Gasteiger partial charge in [0.15, 0.2) is 5.65 Å². The lowest BCUT2D eigenvalue weighted by atomic mass is 10.1. The van der Waals surface area contributed by atoms with Crippen LogP contribution in [0.15, 0.2) is 55.0 Å². The van der Waals surface area contributed by atoms with Gasteiger partial charge in [0.05, 0.1) is 37.1 Å². The molecule has 0 saturated heterocycles. The second-order valence-electron chi connectivity index (χ2n) is 6.64. The summed E-state index contributed by atoms with van der Waals surface area (Å²) in [5.41, 5.74) is 3.80.